The second kappa shape index (κ2) is 8.25. The standard InChI is InChI=1S/C17H29N3/c1-3-7-15-8-6-12-20(13-11-15)14-16-9-5-10-17(19-16)18-4-2/h5,9-10,15H,3-4,6-8,11-14H2,1-2H3,(H,18,19). The van der Waals surface area contributed by atoms with Gasteiger partial charge in [-0.05, 0) is 57.3 Å². The Bertz CT molecular complexity index is 392. The first-order valence-corrected chi connectivity index (χ1v) is 8.24. The van der Waals surface area contributed by atoms with E-state index in [4.69, 9.17) is 0 Å². The number of likely N-dealkylation sites (tertiary alicyclic amines) is 1. The Morgan fingerprint density at radius 1 is 1.25 bits per heavy atom. The van der Waals surface area contributed by atoms with Crippen molar-refractivity contribution >= 4 is 5.82 Å². The molecule has 1 N–H and O–H groups in total. The Labute approximate surface area is 123 Å². The van der Waals surface area contributed by atoms with Gasteiger partial charge >= 0.3 is 0 Å². The summed E-state index contributed by atoms with van der Waals surface area (Å²) in [5.74, 6) is 1.95. The van der Waals surface area contributed by atoms with E-state index in [2.05, 4.69) is 41.2 Å². The lowest BCUT2D eigenvalue weighted by Gasteiger charge is -2.20. The molecule has 0 radical (unpaired) electrons. The second-order valence-electron chi connectivity index (χ2n) is 5.91. The number of hydrogen-bond acceptors (Lipinski definition) is 3. The molecule has 3 heteroatoms. The second-order valence-corrected chi connectivity index (χ2v) is 5.91. The van der Waals surface area contributed by atoms with Crippen molar-refractivity contribution in [1.82, 2.24) is 9.88 Å². The first kappa shape index (κ1) is 15.3. The third-order valence-corrected chi connectivity index (χ3v) is 4.19. The lowest BCUT2D eigenvalue weighted by Crippen LogP contribution is -2.25. The van der Waals surface area contributed by atoms with Crippen LogP contribution < -0.4 is 5.32 Å². The molecule has 1 unspecified atom stereocenters. The number of aromatic nitrogens is 1. The van der Waals surface area contributed by atoms with Gasteiger partial charge in [0.2, 0.25) is 0 Å². The molecule has 0 aliphatic carbocycles. The van der Waals surface area contributed by atoms with Crippen LogP contribution >= 0.6 is 0 Å². The Morgan fingerprint density at radius 2 is 2.15 bits per heavy atom. The Kier molecular flexibility index (Phi) is 6.31. The molecule has 1 saturated heterocycles. The van der Waals surface area contributed by atoms with Crippen LogP contribution in [0.3, 0.4) is 0 Å². The maximum atomic E-state index is 4.69. The van der Waals surface area contributed by atoms with Crippen molar-refractivity contribution in [2.45, 2.75) is 52.5 Å². The monoisotopic (exact) mass is 275 g/mol. The Morgan fingerprint density at radius 3 is 2.95 bits per heavy atom. The lowest BCUT2D eigenvalue weighted by molar-refractivity contribution is 0.268. The highest BCUT2D eigenvalue weighted by Crippen LogP contribution is 2.22. The number of nitrogens with zero attached hydrogens (tertiary/aromatic N) is 2. The molecule has 0 aromatic carbocycles. The largest absolute Gasteiger partial charge is 0.370 e. The predicted octanol–water partition coefficient (Wildman–Crippen LogP) is 3.92. The smallest absolute Gasteiger partial charge is 0.126 e. The summed E-state index contributed by atoms with van der Waals surface area (Å²) >= 11 is 0. The van der Waals surface area contributed by atoms with Crippen LogP contribution in [0, 0.1) is 5.92 Å². The number of pyridine rings is 1. The molecule has 0 amide bonds. The third kappa shape index (κ3) is 4.78. The molecular weight excluding hydrogens is 246 g/mol. The SMILES string of the molecule is CCCC1CCCN(Cc2cccc(NCC)n2)CC1. The number of hydrogen-bond donors (Lipinski definition) is 1. The van der Waals surface area contributed by atoms with Gasteiger partial charge in [0, 0.05) is 13.1 Å². The van der Waals surface area contributed by atoms with Gasteiger partial charge in [-0.1, -0.05) is 25.8 Å². The topological polar surface area (TPSA) is 28.2 Å². The fourth-order valence-corrected chi connectivity index (χ4v) is 3.16. The maximum Gasteiger partial charge on any atom is 0.126 e. The highest BCUT2D eigenvalue weighted by atomic mass is 15.1. The minimum Gasteiger partial charge on any atom is -0.370 e. The van der Waals surface area contributed by atoms with Crippen molar-refractivity contribution < 1.29 is 0 Å². The van der Waals surface area contributed by atoms with Crippen LogP contribution in [0.5, 0.6) is 0 Å². The summed E-state index contributed by atoms with van der Waals surface area (Å²) in [5.41, 5.74) is 1.19. The maximum absolute atomic E-state index is 4.69. The molecule has 1 aliphatic rings. The zero-order chi connectivity index (χ0) is 14.2. The van der Waals surface area contributed by atoms with Gasteiger partial charge in [0.15, 0.2) is 0 Å². The molecule has 1 fully saturated rings. The van der Waals surface area contributed by atoms with Gasteiger partial charge in [0.05, 0.1) is 5.69 Å². The van der Waals surface area contributed by atoms with Crippen molar-refractivity contribution in [3.8, 4) is 0 Å². The van der Waals surface area contributed by atoms with E-state index in [0.717, 1.165) is 24.8 Å². The van der Waals surface area contributed by atoms with E-state index in [-0.39, 0.29) is 0 Å². The van der Waals surface area contributed by atoms with Gasteiger partial charge in [0.1, 0.15) is 5.82 Å². The molecule has 2 heterocycles. The Hall–Kier alpha value is -1.09. The van der Waals surface area contributed by atoms with Crippen LogP contribution in [0.1, 0.15) is 51.6 Å². The fourth-order valence-electron chi connectivity index (χ4n) is 3.16. The van der Waals surface area contributed by atoms with E-state index >= 15 is 0 Å². The molecule has 0 spiro atoms. The van der Waals surface area contributed by atoms with Gasteiger partial charge in [0.25, 0.3) is 0 Å². The molecule has 112 valence electrons. The predicted molar refractivity (Wildman–Crippen MR) is 85.9 cm³/mol. The van der Waals surface area contributed by atoms with Crippen LogP contribution in [0.25, 0.3) is 0 Å². The summed E-state index contributed by atoms with van der Waals surface area (Å²) in [6, 6.07) is 6.31. The first-order valence-electron chi connectivity index (χ1n) is 8.24. The zero-order valence-corrected chi connectivity index (χ0v) is 13.1. The molecule has 1 aromatic heterocycles. The van der Waals surface area contributed by atoms with Gasteiger partial charge in [-0.15, -0.1) is 0 Å². The van der Waals surface area contributed by atoms with E-state index in [0.29, 0.717) is 0 Å². The average molecular weight is 275 g/mol. The van der Waals surface area contributed by atoms with Crippen LogP contribution in [0.2, 0.25) is 0 Å². The van der Waals surface area contributed by atoms with Crippen molar-refractivity contribution in [3.05, 3.63) is 23.9 Å². The molecule has 2 rings (SSSR count). The summed E-state index contributed by atoms with van der Waals surface area (Å²) in [5, 5.41) is 3.29. The lowest BCUT2D eigenvalue weighted by atomic mass is 9.96. The van der Waals surface area contributed by atoms with Crippen LogP contribution in [-0.4, -0.2) is 29.5 Å². The average Bonchev–Trinajstić information content (AvgIpc) is 2.66. The first-order chi connectivity index (χ1) is 9.81. The van der Waals surface area contributed by atoms with Crippen LogP contribution in [0.15, 0.2) is 18.2 Å². The summed E-state index contributed by atoms with van der Waals surface area (Å²) in [6.45, 7) is 8.80. The molecular formula is C17H29N3. The van der Waals surface area contributed by atoms with Crippen LogP contribution in [-0.2, 0) is 6.54 Å². The van der Waals surface area contributed by atoms with E-state index in [1.165, 1.54) is 50.9 Å². The summed E-state index contributed by atoms with van der Waals surface area (Å²) in [7, 11) is 0. The fraction of sp³-hybridized carbons (Fsp3) is 0.706. The van der Waals surface area contributed by atoms with E-state index in [9.17, 15) is 0 Å². The summed E-state index contributed by atoms with van der Waals surface area (Å²) in [4.78, 5) is 7.27. The highest BCUT2D eigenvalue weighted by molar-refractivity contribution is 5.34. The van der Waals surface area contributed by atoms with E-state index < -0.39 is 0 Å². The molecule has 1 aromatic rings. The highest BCUT2D eigenvalue weighted by Gasteiger charge is 2.16. The third-order valence-electron chi connectivity index (χ3n) is 4.19. The molecule has 1 aliphatic heterocycles. The number of nitrogens with one attached hydrogen (secondary N) is 1. The summed E-state index contributed by atoms with van der Waals surface area (Å²) < 4.78 is 0. The summed E-state index contributed by atoms with van der Waals surface area (Å²) in [6.07, 6.45) is 6.85. The molecule has 0 saturated carbocycles. The molecule has 20 heavy (non-hydrogen) atoms. The van der Waals surface area contributed by atoms with Crippen LogP contribution in [0.4, 0.5) is 5.82 Å². The van der Waals surface area contributed by atoms with Gasteiger partial charge < -0.3 is 5.32 Å². The van der Waals surface area contributed by atoms with E-state index in [1.54, 1.807) is 0 Å². The molecule has 3 nitrogen and oxygen atoms in total. The Balaban J connectivity index is 1.88. The van der Waals surface area contributed by atoms with Crippen molar-refractivity contribution in [3.63, 3.8) is 0 Å². The van der Waals surface area contributed by atoms with Gasteiger partial charge in [-0.3, -0.25) is 4.90 Å². The van der Waals surface area contributed by atoms with Crippen molar-refractivity contribution in [2.75, 3.05) is 25.0 Å². The van der Waals surface area contributed by atoms with E-state index in [1.807, 2.05) is 6.07 Å². The molecule has 0 bridgehead atoms. The van der Waals surface area contributed by atoms with Crippen molar-refractivity contribution in [1.29, 1.82) is 0 Å². The van der Waals surface area contributed by atoms with Gasteiger partial charge in [-0.2, -0.15) is 0 Å². The number of anilines is 1. The normalized spacial score (nSPS) is 20.6. The quantitative estimate of drug-likeness (QED) is 0.853. The minimum absolute atomic E-state index is 0.929. The number of rotatable bonds is 6. The zero-order valence-electron chi connectivity index (χ0n) is 13.1. The minimum atomic E-state index is 0.929. The van der Waals surface area contributed by atoms with Gasteiger partial charge in [-0.25, -0.2) is 4.98 Å². The van der Waals surface area contributed by atoms with Crippen molar-refractivity contribution in [2.24, 2.45) is 5.92 Å². The molecule has 1 atom stereocenters.